The van der Waals surface area contributed by atoms with Gasteiger partial charge in [-0.1, -0.05) is 13.8 Å². The molecule has 1 aliphatic heterocycles. The lowest BCUT2D eigenvalue weighted by molar-refractivity contribution is -0.0938. The number of nitrogens with zero attached hydrogens (tertiary/aromatic N) is 1. The fraction of sp³-hybridized carbons (Fsp3) is 0.909. The predicted molar refractivity (Wildman–Crippen MR) is 54.0 cm³/mol. The van der Waals surface area contributed by atoms with E-state index in [4.69, 9.17) is 0 Å². The van der Waals surface area contributed by atoms with Gasteiger partial charge in [-0.3, -0.25) is 0 Å². The van der Waals surface area contributed by atoms with Crippen LogP contribution < -0.4 is 0 Å². The van der Waals surface area contributed by atoms with E-state index in [9.17, 15) is 4.79 Å². The van der Waals surface area contributed by atoms with Crippen molar-refractivity contribution in [1.82, 2.24) is 4.90 Å². The first-order valence-electron chi connectivity index (χ1n) is 5.39. The molecule has 0 unspecified atom stereocenters. The van der Waals surface area contributed by atoms with Gasteiger partial charge in [0.15, 0.2) is 0 Å². The standard InChI is InChI=1S/C11H19NO2/c1-8(2)9-4-11(5-9)6-12(7-11)10(13)14-3/h8-9H,4-7H2,1-3H3. The highest BCUT2D eigenvalue weighted by molar-refractivity contribution is 5.68. The second-order valence-corrected chi connectivity index (χ2v) is 5.24. The number of methoxy groups -OCH3 is 1. The molecule has 2 aliphatic rings. The Kier molecular flexibility index (Phi) is 2.20. The topological polar surface area (TPSA) is 29.5 Å². The van der Waals surface area contributed by atoms with Crippen LogP contribution >= 0.6 is 0 Å². The van der Waals surface area contributed by atoms with Gasteiger partial charge in [0.25, 0.3) is 0 Å². The lowest BCUT2D eigenvalue weighted by Gasteiger charge is -2.59. The van der Waals surface area contributed by atoms with E-state index in [-0.39, 0.29) is 6.09 Å². The maximum Gasteiger partial charge on any atom is 0.409 e. The SMILES string of the molecule is COC(=O)N1CC2(CC(C(C)C)C2)C1. The van der Waals surface area contributed by atoms with E-state index in [0.29, 0.717) is 5.41 Å². The van der Waals surface area contributed by atoms with E-state index < -0.39 is 0 Å². The molecule has 1 heterocycles. The molecule has 0 bridgehead atoms. The minimum atomic E-state index is -0.163. The monoisotopic (exact) mass is 197 g/mol. The molecule has 14 heavy (non-hydrogen) atoms. The number of amides is 1. The minimum Gasteiger partial charge on any atom is -0.453 e. The zero-order valence-electron chi connectivity index (χ0n) is 9.25. The lowest BCUT2D eigenvalue weighted by atomic mass is 9.55. The fourth-order valence-electron chi connectivity index (χ4n) is 2.80. The number of rotatable bonds is 1. The first-order valence-corrected chi connectivity index (χ1v) is 5.39. The van der Waals surface area contributed by atoms with E-state index >= 15 is 0 Å². The van der Waals surface area contributed by atoms with Crippen LogP contribution in [-0.4, -0.2) is 31.2 Å². The van der Waals surface area contributed by atoms with Gasteiger partial charge >= 0.3 is 6.09 Å². The summed E-state index contributed by atoms with van der Waals surface area (Å²) in [7, 11) is 1.45. The summed E-state index contributed by atoms with van der Waals surface area (Å²) in [5.74, 6) is 1.68. The first-order chi connectivity index (χ1) is 6.56. The van der Waals surface area contributed by atoms with Gasteiger partial charge in [-0.15, -0.1) is 0 Å². The molecule has 1 saturated carbocycles. The summed E-state index contributed by atoms with van der Waals surface area (Å²) in [4.78, 5) is 12.9. The van der Waals surface area contributed by atoms with Gasteiger partial charge in [-0.25, -0.2) is 4.79 Å². The quantitative estimate of drug-likeness (QED) is 0.644. The molecular formula is C11H19NO2. The highest BCUT2D eigenvalue weighted by atomic mass is 16.5. The normalized spacial score (nSPS) is 24.7. The predicted octanol–water partition coefficient (Wildman–Crippen LogP) is 2.12. The molecule has 1 spiro atoms. The van der Waals surface area contributed by atoms with Gasteiger partial charge in [0.2, 0.25) is 0 Å². The van der Waals surface area contributed by atoms with Gasteiger partial charge in [-0.05, 0) is 24.7 Å². The van der Waals surface area contributed by atoms with Crippen molar-refractivity contribution in [3.8, 4) is 0 Å². The summed E-state index contributed by atoms with van der Waals surface area (Å²) in [6, 6.07) is 0. The van der Waals surface area contributed by atoms with Gasteiger partial charge in [0.1, 0.15) is 0 Å². The van der Waals surface area contributed by atoms with E-state index in [1.165, 1.54) is 20.0 Å². The average Bonchev–Trinajstić information content (AvgIpc) is 1.98. The molecular weight excluding hydrogens is 178 g/mol. The Bertz CT molecular complexity index is 236. The average molecular weight is 197 g/mol. The van der Waals surface area contributed by atoms with Gasteiger partial charge < -0.3 is 9.64 Å². The van der Waals surface area contributed by atoms with Crippen molar-refractivity contribution in [2.45, 2.75) is 26.7 Å². The highest BCUT2D eigenvalue weighted by Gasteiger charge is 2.54. The molecule has 1 saturated heterocycles. The Hall–Kier alpha value is -0.730. The van der Waals surface area contributed by atoms with Crippen molar-refractivity contribution < 1.29 is 9.53 Å². The number of likely N-dealkylation sites (tertiary alicyclic amines) is 1. The smallest absolute Gasteiger partial charge is 0.409 e. The van der Waals surface area contributed by atoms with Gasteiger partial charge in [-0.2, -0.15) is 0 Å². The fourth-order valence-corrected chi connectivity index (χ4v) is 2.80. The van der Waals surface area contributed by atoms with Crippen LogP contribution in [0.25, 0.3) is 0 Å². The van der Waals surface area contributed by atoms with Gasteiger partial charge in [0, 0.05) is 18.5 Å². The Morgan fingerprint density at radius 1 is 1.43 bits per heavy atom. The summed E-state index contributed by atoms with van der Waals surface area (Å²) in [5, 5.41) is 0. The lowest BCUT2D eigenvalue weighted by Crippen LogP contribution is -2.64. The maximum absolute atomic E-state index is 11.1. The van der Waals surface area contributed by atoms with Crippen LogP contribution in [-0.2, 0) is 4.74 Å². The van der Waals surface area contributed by atoms with Crippen LogP contribution in [0, 0.1) is 17.3 Å². The van der Waals surface area contributed by atoms with Crippen LogP contribution in [0.3, 0.4) is 0 Å². The Morgan fingerprint density at radius 3 is 2.43 bits per heavy atom. The molecule has 0 aromatic heterocycles. The summed E-state index contributed by atoms with van der Waals surface area (Å²) < 4.78 is 4.68. The molecule has 0 atom stereocenters. The molecule has 0 N–H and O–H groups in total. The number of hydrogen-bond acceptors (Lipinski definition) is 2. The first kappa shape index (κ1) is 9.81. The van der Waals surface area contributed by atoms with E-state index in [1.807, 2.05) is 0 Å². The summed E-state index contributed by atoms with van der Waals surface area (Å²) in [6.45, 7) is 6.41. The molecule has 3 nitrogen and oxygen atoms in total. The van der Waals surface area contributed by atoms with Crippen molar-refractivity contribution >= 4 is 6.09 Å². The van der Waals surface area contributed by atoms with E-state index in [1.54, 1.807) is 4.90 Å². The van der Waals surface area contributed by atoms with Crippen molar-refractivity contribution in [1.29, 1.82) is 0 Å². The zero-order chi connectivity index (χ0) is 10.3. The van der Waals surface area contributed by atoms with Gasteiger partial charge in [0.05, 0.1) is 7.11 Å². The van der Waals surface area contributed by atoms with Crippen molar-refractivity contribution in [3.05, 3.63) is 0 Å². The molecule has 1 amide bonds. The number of ether oxygens (including phenoxy) is 1. The third-order valence-electron chi connectivity index (χ3n) is 3.82. The Balaban J connectivity index is 1.77. The van der Waals surface area contributed by atoms with Crippen LogP contribution in [0.5, 0.6) is 0 Å². The second-order valence-electron chi connectivity index (χ2n) is 5.24. The molecule has 0 aromatic rings. The zero-order valence-corrected chi connectivity index (χ0v) is 9.25. The highest BCUT2D eigenvalue weighted by Crippen LogP contribution is 2.54. The van der Waals surface area contributed by atoms with Crippen LogP contribution in [0.1, 0.15) is 26.7 Å². The largest absolute Gasteiger partial charge is 0.453 e. The van der Waals surface area contributed by atoms with Crippen molar-refractivity contribution in [2.24, 2.45) is 17.3 Å². The molecule has 2 rings (SSSR count). The molecule has 2 fully saturated rings. The molecule has 1 aliphatic carbocycles. The Labute approximate surface area is 85.4 Å². The Morgan fingerprint density at radius 2 is 2.00 bits per heavy atom. The van der Waals surface area contributed by atoms with E-state index in [0.717, 1.165) is 24.9 Å². The third kappa shape index (κ3) is 1.39. The molecule has 80 valence electrons. The molecule has 3 heteroatoms. The van der Waals surface area contributed by atoms with Crippen LogP contribution in [0.15, 0.2) is 0 Å². The number of carbonyl (C=O) groups excluding carboxylic acids is 1. The van der Waals surface area contributed by atoms with Crippen LogP contribution in [0.4, 0.5) is 4.79 Å². The second kappa shape index (κ2) is 3.14. The third-order valence-corrected chi connectivity index (χ3v) is 3.82. The summed E-state index contributed by atoms with van der Waals surface area (Å²) in [5.41, 5.74) is 0.475. The molecule has 0 aromatic carbocycles. The molecule has 0 radical (unpaired) electrons. The van der Waals surface area contributed by atoms with Crippen molar-refractivity contribution in [2.75, 3.05) is 20.2 Å². The number of hydrogen-bond donors (Lipinski definition) is 0. The van der Waals surface area contributed by atoms with Crippen molar-refractivity contribution in [3.63, 3.8) is 0 Å². The minimum absolute atomic E-state index is 0.163. The summed E-state index contributed by atoms with van der Waals surface area (Å²) in [6.07, 6.45) is 2.44. The maximum atomic E-state index is 11.1. The summed E-state index contributed by atoms with van der Waals surface area (Å²) >= 11 is 0. The number of carbonyl (C=O) groups is 1. The van der Waals surface area contributed by atoms with Crippen LogP contribution in [0.2, 0.25) is 0 Å². The van der Waals surface area contributed by atoms with E-state index in [2.05, 4.69) is 18.6 Å².